The predicted molar refractivity (Wildman–Crippen MR) is 70.9 cm³/mol. The van der Waals surface area contributed by atoms with Gasteiger partial charge in [-0.25, -0.2) is 4.79 Å². The van der Waals surface area contributed by atoms with Gasteiger partial charge in [0.05, 0.1) is 4.92 Å². The number of nitro benzene ring substituents is 1. The monoisotopic (exact) mass is 263 g/mol. The number of amides is 2. The van der Waals surface area contributed by atoms with E-state index in [4.69, 9.17) is 0 Å². The Labute approximate surface area is 111 Å². The first kappa shape index (κ1) is 13.3. The van der Waals surface area contributed by atoms with Crippen LogP contribution in [0.25, 0.3) is 0 Å². The second-order valence-electron chi connectivity index (χ2n) is 4.90. The highest BCUT2D eigenvalue weighted by atomic mass is 16.6. The number of nitrogens with zero attached hydrogens (tertiary/aromatic N) is 1. The molecular weight excluding hydrogens is 246 g/mol. The Kier molecular flexibility index (Phi) is 3.99. The van der Waals surface area contributed by atoms with Gasteiger partial charge in [0, 0.05) is 24.7 Å². The molecule has 1 aliphatic rings. The van der Waals surface area contributed by atoms with E-state index in [2.05, 4.69) is 17.6 Å². The Morgan fingerprint density at radius 1 is 1.53 bits per heavy atom. The van der Waals surface area contributed by atoms with Crippen LogP contribution in [-0.4, -0.2) is 23.5 Å². The molecule has 0 radical (unpaired) electrons. The molecule has 1 aromatic carbocycles. The lowest BCUT2D eigenvalue weighted by Crippen LogP contribution is -2.38. The summed E-state index contributed by atoms with van der Waals surface area (Å²) in [6, 6.07) is 6.59. The van der Waals surface area contributed by atoms with Crippen LogP contribution in [0.1, 0.15) is 18.9 Å². The molecule has 6 heteroatoms. The highest BCUT2D eigenvalue weighted by Crippen LogP contribution is 2.28. The number of carbonyl (C=O) groups is 1. The molecule has 102 valence electrons. The largest absolute Gasteiger partial charge is 0.338 e. The van der Waals surface area contributed by atoms with Crippen molar-refractivity contribution >= 4 is 11.7 Å². The van der Waals surface area contributed by atoms with Crippen LogP contribution in [0.4, 0.5) is 10.5 Å². The molecule has 2 N–H and O–H groups in total. The van der Waals surface area contributed by atoms with Crippen molar-refractivity contribution in [3.05, 3.63) is 39.9 Å². The first-order chi connectivity index (χ1) is 9.06. The first-order valence-electron chi connectivity index (χ1n) is 6.34. The van der Waals surface area contributed by atoms with Gasteiger partial charge < -0.3 is 10.6 Å². The summed E-state index contributed by atoms with van der Waals surface area (Å²) in [6.07, 6.45) is 1.62. The standard InChI is InChI=1S/C13H17N3O3/c1-9-7-12(9)15-13(17)14-6-5-10-3-2-4-11(8-10)16(18)19/h2-4,8-9,12H,5-7H2,1H3,(H2,14,15,17)/t9-,12+/m1/s1. The summed E-state index contributed by atoms with van der Waals surface area (Å²) >= 11 is 0. The van der Waals surface area contributed by atoms with Crippen molar-refractivity contribution in [3.8, 4) is 0 Å². The van der Waals surface area contributed by atoms with E-state index < -0.39 is 4.92 Å². The molecule has 0 spiro atoms. The Morgan fingerprint density at radius 2 is 2.26 bits per heavy atom. The van der Waals surface area contributed by atoms with Crippen molar-refractivity contribution in [2.45, 2.75) is 25.8 Å². The number of non-ortho nitro benzene ring substituents is 1. The topological polar surface area (TPSA) is 84.3 Å². The summed E-state index contributed by atoms with van der Waals surface area (Å²) in [4.78, 5) is 21.7. The summed E-state index contributed by atoms with van der Waals surface area (Å²) in [7, 11) is 0. The molecular formula is C13H17N3O3. The van der Waals surface area contributed by atoms with Gasteiger partial charge in [0.25, 0.3) is 5.69 Å². The Hall–Kier alpha value is -2.11. The van der Waals surface area contributed by atoms with Crippen molar-refractivity contribution in [1.82, 2.24) is 10.6 Å². The number of benzene rings is 1. The molecule has 1 aliphatic carbocycles. The third-order valence-electron chi connectivity index (χ3n) is 3.25. The summed E-state index contributed by atoms with van der Waals surface area (Å²) in [5, 5.41) is 16.2. The molecule has 0 heterocycles. The number of rotatable bonds is 5. The number of urea groups is 1. The van der Waals surface area contributed by atoms with Gasteiger partial charge in [-0.1, -0.05) is 19.1 Å². The Bertz CT molecular complexity index is 490. The first-order valence-corrected chi connectivity index (χ1v) is 6.34. The Morgan fingerprint density at radius 3 is 2.89 bits per heavy atom. The highest BCUT2D eigenvalue weighted by molar-refractivity contribution is 5.74. The molecule has 0 bridgehead atoms. The second kappa shape index (κ2) is 5.69. The van der Waals surface area contributed by atoms with Gasteiger partial charge >= 0.3 is 6.03 Å². The number of nitro groups is 1. The minimum atomic E-state index is -0.419. The van der Waals surface area contributed by atoms with Gasteiger partial charge in [0.15, 0.2) is 0 Å². The van der Waals surface area contributed by atoms with Crippen LogP contribution in [0.5, 0.6) is 0 Å². The van der Waals surface area contributed by atoms with Gasteiger partial charge in [0.1, 0.15) is 0 Å². The fourth-order valence-corrected chi connectivity index (χ4v) is 1.89. The fraction of sp³-hybridized carbons (Fsp3) is 0.462. The quantitative estimate of drug-likeness (QED) is 0.628. The van der Waals surface area contributed by atoms with Crippen LogP contribution in [0.15, 0.2) is 24.3 Å². The summed E-state index contributed by atoms with van der Waals surface area (Å²) in [5.41, 5.74) is 0.919. The molecule has 1 saturated carbocycles. The molecule has 6 nitrogen and oxygen atoms in total. The molecule has 19 heavy (non-hydrogen) atoms. The van der Waals surface area contributed by atoms with E-state index in [0.29, 0.717) is 24.9 Å². The van der Waals surface area contributed by atoms with Crippen LogP contribution < -0.4 is 10.6 Å². The van der Waals surface area contributed by atoms with Crippen LogP contribution in [0, 0.1) is 16.0 Å². The molecule has 2 atom stereocenters. The van der Waals surface area contributed by atoms with Crippen LogP contribution in [0.2, 0.25) is 0 Å². The zero-order chi connectivity index (χ0) is 13.8. The summed E-state index contributed by atoms with van der Waals surface area (Å²) in [6.45, 7) is 2.56. The van der Waals surface area contributed by atoms with Crippen LogP contribution in [-0.2, 0) is 6.42 Å². The van der Waals surface area contributed by atoms with Crippen molar-refractivity contribution in [2.75, 3.05) is 6.54 Å². The molecule has 0 saturated heterocycles. The lowest BCUT2D eigenvalue weighted by molar-refractivity contribution is -0.384. The smallest absolute Gasteiger partial charge is 0.315 e. The maximum Gasteiger partial charge on any atom is 0.315 e. The third-order valence-corrected chi connectivity index (χ3v) is 3.25. The maximum absolute atomic E-state index is 11.5. The third kappa shape index (κ3) is 3.94. The SMILES string of the molecule is C[C@@H]1C[C@@H]1NC(=O)NCCc1cccc([N+](=O)[O-])c1. The second-order valence-corrected chi connectivity index (χ2v) is 4.90. The normalized spacial score (nSPS) is 20.7. The van der Waals surface area contributed by atoms with Crippen molar-refractivity contribution in [1.29, 1.82) is 0 Å². The van der Waals surface area contributed by atoms with Gasteiger partial charge in [-0.2, -0.15) is 0 Å². The van der Waals surface area contributed by atoms with E-state index in [1.54, 1.807) is 6.07 Å². The van der Waals surface area contributed by atoms with Crippen molar-refractivity contribution < 1.29 is 9.72 Å². The van der Waals surface area contributed by atoms with E-state index in [1.807, 2.05) is 6.07 Å². The molecule has 0 aliphatic heterocycles. The van der Waals surface area contributed by atoms with Crippen molar-refractivity contribution in [2.24, 2.45) is 5.92 Å². The zero-order valence-electron chi connectivity index (χ0n) is 10.8. The minimum absolute atomic E-state index is 0.0776. The summed E-state index contributed by atoms with van der Waals surface area (Å²) < 4.78 is 0. The van der Waals surface area contributed by atoms with Gasteiger partial charge in [-0.3, -0.25) is 10.1 Å². The molecule has 2 amide bonds. The van der Waals surface area contributed by atoms with Crippen molar-refractivity contribution in [3.63, 3.8) is 0 Å². The van der Waals surface area contributed by atoms with E-state index >= 15 is 0 Å². The Balaban J connectivity index is 1.74. The molecule has 1 fully saturated rings. The minimum Gasteiger partial charge on any atom is -0.338 e. The zero-order valence-corrected chi connectivity index (χ0v) is 10.8. The number of hydrogen-bond acceptors (Lipinski definition) is 3. The molecule has 2 rings (SSSR count). The highest BCUT2D eigenvalue weighted by Gasteiger charge is 2.33. The lowest BCUT2D eigenvalue weighted by atomic mass is 10.1. The predicted octanol–water partition coefficient (Wildman–Crippen LogP) is 1.84. The van der Waals surface area contributed by atoms with Gasteiger partial charge in [-0.05, 0) is 24.3 Å². The van der Waals surface area contributed by atoms with E-state index in [0.717, 1.165) is 12.0 Å². The lowest BCUT2D eigenvalue weighted by Gasteiger charge is -2.06. The van der Waals surface area contributed by atoms with E-state index in [1.165, 1.54) is 12.1 Å². The average molecular weight is 263 g/mol. The maximum atomic E-state index is 11.5. The fourth-order valence-electron chi connectivity index (χ4n) is 1.89. The molecule has 1 aromatic rings. The van der Waals surface area contributed by atoms with Gasteiger partial charge in [0.2, 0.25) is 0 Å². The summed E-state index contributed by atoms with van der Waals surface area (Å²) in [5.74, 6) is 0.572. The molecule has 0 unspecified atom stereocenters. The van der Waals surface area contributed by atoms with E-state index in [9.17, 15) is 14.9 Å². The van der Waals surface area contributed by atoms with Crippen LogP contribution in [0.3, 0.4) is 0 Å². The molecule has 0 aromatic heterocycles. The van der Waals surface area contributed by atoms with Crippen LogP contribution >= 0.6 is 0 Å². The van der Waals surface area contributed by atoms with E-state index in [-0.39, 0.29) is 11.7 Å². The number of hydrogen-bond donors (Lipinski definition) is 2. The average Bonchev–Trinajstić information content (AvgIpc) is 3.05. The number of carbonyl (C=O) groups excluding carboxylic acids is 1. The number of nitrogens with one attached hydrogen (secondary N) is 2. The van der Waals surface area contributed by atoms with Gasteiger partial charge in [-0.15, -0.1) is 0 Å².